The number of imide groups is 1. The first-order valence-corrected chi connectivity index (χ1v) is 7.92. The van der Waals surface area contributed by atoms with Crippen molar-refractivity contribution in [3.05, 3.63) is 11.6 Å². The molecular formula is C16H21NO5. The molecule has 1 saturated carbocycles. The minimum Gasteiger partial charge on any atom is -0.432 e. The molecule has 0 spiro atoms. The number of amides is 2. The molecule has 1 aliphatic heterocycles. The standard InChI is InChI=1S/C16H21NO5/c1-10-3-2-4-11-12(6-5-10)13(11)9-21-16(20)22-17-14(18)7-8-15(17)19/h3,11-13H,2,4-9H2,1H3/b10-3-. The maximum Gasteiger partial charge on any atom is 0.533 e. The summed E-state index contributed by atoms with van der Waals surface area (Å²) in [5, 5.41) is 0.519. The highest BCUT2D eigenvalue weighted by Crippen LogP contribution is 2.53. The second kappa shape index (κ2) is 6.10. The molecule has 0 bridgehead atoms. The van der Waals surface area contributed by atoms with E-state index in [0.717, 1.165) is 25.7 Å². The Morgan fingerprint density at radius 2 is 1.86 bits per heavy atom. The van der Waals surface area contributed by atoms with Gasteiger partial charge in [-0.15, -0.1) is 0 Å². The predicted molar refractivity (Wildman–Crippen MR) is 76.2 cm³/mol. The molecular weight excluding hydrogens is 286 g/mol. The Morgan fingerprint density at radius 3 is 2.59 bits per heavy atom. The summed E-state index contributed by atoms with van der Waals surface area (Å²) in [6.07, 6.45) is 5.98. The van der Waals surface area contributed by atoms with Crippen molar-refractivity contribution in [2.24, 2.45) is 17.8 Å². The van der Waals surface area contributed by atoms with Crippen molar-refractivity contribution in [3.8, 4) is 0 Å². The van der Waals surface area contributed by atoms with E-state index in [0.29, 0.717) is 29.4 Å². The summed E-state index contributed by atoms with van der Waals surface area (Å²) >= 11 is 0. The van der Waals surface area contributed by atoms with E-state index >= 15 is 0 Å². The predicted octanol–water partition coefficient (Wildman–Crippen LogP) is 2.59. The number of hydrogen-bond acceptors (Lipinski definition) is 5. The van der Waals surface area contributed by atoms with Crippen LogP contribution in [0.5, 0.6) is 0 Å². The van der Waals surface area contributed by atoms with Gasteiger partial charge in [0.2, 0.25) is 0 Å². The minimum absolute atomic E-state index is 0.0885. The molecule has 2 fully saturated rings. The van der Waals surface area contributed by atoms with Crippen molar-refractivity contribution in [2.75, 3.05) is 6.61 Å². The number of hydroxylamine groups is 2. The number of allylic oxidation sites excluding steroid dienone is 2. The van der Waals surface area contributed by atoms with E-state index in [1.807, 2.05) is 0 Å². The van der Waals surface area contributed by atoms with Crippen LogP contribution in [0, 0.1) is 17.8 Å². The smallest absolute Gasteiger partial charge is 0.432 e. The zero-order valence-electron chi connectivity index (χ0n) is 12.7. The molecule has 22 heavy (non-hydrogen) atoms. The average Bonchev–Trinajstić information content (AvgIpc) is 3.03. The fraction of sp³-hybridized carbons (Fsp3) is 0.688. The summed E-state index contributed by atoms with van der Waals surface area (Å²) in [4.78, 5) is 39.0. The maximum atomic E-state index is 11.6. The van der Waals surface area contributed by atoms with Crippen molar-refractivity contribution in [2.45, 2.75) is 45.4 Å². The van der Waals surface area contributed by atoms with Gasteiger partial charge in [0.15, 0.2) is 0 Å². The summed E-state index contributed by atoms with van der Waals surface area (Å²) in [5.74, 6) is 0.642. The van der Waals surface area contributed by atoms with Gasteiger partial charge in [0, 0.05) is 12.8 Å². The summed E-state index contributed by atoms with van der Waals surface area (Å²) in [6, 6.07) is 0. The summed E-state index contributed by atoms with van der Waals surface area (Å²) < 4.78 is 5.10. The van der Waals surface area contributed by atoms with Crippen LogP contribution in [-0.4, -0.2) is 29.6 Å². The van der Waals surface area contributed by atoms with Gasteiger partial charge in [0.05, 0.1) is 6.61 Å². The Kier molecular flexibility index (Phi) is 4.18. The van der Waals surface area contributed by atoms with Gasteiger partial charge in [-0.2, -0.15) is 0 Å². The Balaban J connectivity index is 1.43. The molecule has 2 aliphatic carbocycles. The number of ether oxygens (including phenoxy) is 1. The van der Waals surface area contributed by atoms with Crippen LogP contribution in [0.1, 0.15) is 45.4 Å². The molecule has 1 saturated heterocycles. The zero-order valence-corrected chi connectivity index (χ0v) is 12.7. The van der Waals surface area contributed by atoms with Crippen molar-refractivity contribution in [1.29, 1.82) is 0 Å². The van der Waals surface area contributed by atoms with Gasteiger partial charge in [-0.1, -0.05) is 16.7 Å². The second-order valence-electron chi connectivity index (χ2n) is 6.39. The molecule has 0 N–H and O–H groups in total. The first-order valence-electron chi connectivity index (χ1n) is 7.92. The maximum absolute atomic E-state index is 11.6. The van der Waals surface area contributed by atoms with E-state index in [1.165, 1.54) is 5.57 Å². The third kappa shape index (κ3) is 3.15. The van der Waals surface area contributed by atoms with Crippen LogP contribution in [0.4, 0.5) is 4.79 Å². The van der Waals surface area contributed by atoms with Gasteiger partial charge in [0.25, 0.3) is 11.8 Å². The van der Waals surface area contributed by atoms with Gasteiger partial charge in [0.1, 0.15) is 0 Å². The number of nitrogens with zero attached hydrogens (tertiary/aromatic N) is 1. The lowest BCUT2D eigenvalue weighted by molar-refractivity contribution is -0.177. The van der Waals surface area contributed by atoms with E-state index in [1.54, 1.807) is 0 Å². The molecule has 6 heteroatoms. The summed E-state index contributed by atoms with van der Waals surface area (Å²) in [6.45, 7) is 2.47. The van der Waals surface area contributed by atoms with Crippen LogP contribution in [-0.2, 0) is 19.2 Å². The molecule has 3 aliphatic rings. The van der Waals surface area contributed by atoms with Crippen molar-refractivity contribution in [3.63, 3.8) is 0 Å². The number of carbonyl (C=O) groups excluding carboxylic acids is 3. The van der Waals surface area contributed by atoms with E-state index in [4.69, 9.17) is 9.57 Å². The van der Waals surface area contributed by atoms with Crippen LogP contribution >= 0.6 is 0 Å². The average molecular weight is 307 g/mol. The minimum atomic E-state index is -0.961. The van der Waals surface area contributed by atoms with E-state index < -0.39 is 18.0 Å². The fourth-order valence-corrected chi connectivity index (χ4v) is 3.57. The fourth-order valence-electron chi connectivity index (χ4n) is 3.57. The van der Waals surface area contributed by atoms with Gasteiger partial charge in [-0.3, -0.25) is 14.4 Å². The normalized spacial score (nSPS) is 33.4. The molecule has 0 aromatic rings. The molecule has 0 aromatic carbocycles. The second-order valence-corrected chi connectivity index (χ2v) is 6.39. The lowest BCUT2D eigenvalue weighted by atomic mass is 10.0. The molecule has 3 rings (SSSR count). The quantitative estimate of drug-likeness (QED) is 0.455. The first-order chi connectivity index (χ1) is 10.6. The van der Waals surface area contributed by atoms with Crippen LogP contribution in [0.3, 0.4) is 0 Å². The Bertz CT molecular complexity index is 511. The lowest BCUT2D eigenvalue weighted by Crippen LogP contribution is -2.32. The zero-order chi connectivity index (χ0) is 15.7. The van der Waals surface area contributed by atoms with Crippen LogP contribution in [0.15, 0.2) is 11.6 Å². The molecule has 3 unspecified atom stereocenters. The van der Waals surface area contributed by atoms with Gasteiger partial charge >= 0.3 is 6.16 Å². The SMILES string of the molecule is C/C1=C/CCC2C(CC1)C2COC(=O)ON1C(=O)CCC1=O. The first kappa shape index (κ1) is 15.1. The number of hydrogen-bond donors (Lipinski definition) is 0. The molecule has 2 amide bonds. The van der Waals surface area contributed by atoms with Crippen molar-refractivity contribution >= 4 is 18.0 Å². The van der Waals surface area contributed by atoms with Gasteiger partial charge < -0.3 is 4.74 Å². The molecule has 1 heterocycles. The number of rotatable bonds is 3. The van der Waals surface area contributed by atoms with Crippen molar-refractivity contribution in [1.82, 2.24) is 5.06 Å². The Hall–Kier alpha value is -1.85. The lowest BCUT2D eigenvalue weighted by Gasteiger charge is -2.12. The number of carbonyl (C=O) groups is 3. The van der Waals surface area contributed by atoms with Crippen LogP contribution < -0.4 is 0 Å². The topological polar surface area (TPSA) is 72.9 Å². The Labute approximate surface area is 129 Å². The van der Waals surface area contributed by atoms with Crippen LogP contribution in [0.2, 0.25) is 0 Å². The molecule has 0 aromatic heterocycles. The monoisotopic (exact) mass is 307 g/mol. The third-order valence-corrected chi connectivity index (χ3v) is 4.94. The summed E-state index contributed by atoms with van der Waals surface area (Å²) in [5.41, 5.74) is 1.44. The molecule has 0 radical (unpaired) electrons. The van der Waals surface area contributed by atoms with Gasteiger partial charge in [-0.25, -0.2) is 4.79 Å². The molecule has 120 valence electrons. The van der Waals surface area contributed by atoms with Gasteiger partial charge in [-0.05, 0) is 50.4 Å². The van der Waals surface area contributed by atoms with E-state index in [9.17, 15) is 14.4 Å². The highest BCUT2D eigenvalue weighted by Gasteiger charge is 2.49. The largest absolute Gasteiger partial charge is 0.533 e. The van der Waals surface area contributed by atoms with Crippen LogP contribution in [0.25, 0.3) is 0 Å². The van der Waals surface area contributed by atoms with E-state index in [-0.39, 0.29) is 12.8 Å². The van der Waals surface area contributed by atoms with Crippen molar-refractivity contribution < 1.29 is 24.0 Å². The third-order valence-electron chi connectivity index (χ3n) is 4.94. The highest BCUT2D eigenvalue weighted by molar-refractivity contribution is 6.01. The van der Waals surface area contributed by atoms with E-state index in [2.05, 4.69) is 13.0 Å². The molecule has 6 nitrogen and oxygen atoms in total. The highest BCUT2D eigenvalue weighted by atomic mass is 16.8. The number of fused-ring (bicyclic) bond motifs is 1. The molecule has 3 atom stereocenters. The Morgan fingerprint density at radius 1 is 1.18 bits per heavy atom. The summed E-state index contributed by atoms with van der Waals surface area (Å²) in [7, 11) is 0.